The first-order valence-electron chi connectivity index (χ1n) is 8.64. The summed E-state index contributed by atoms with van der Waals surface area (Å²) in [6.07, 6.45) is 1.49. The second-order valence-electron chi connectivity index (χ2n) is 6.78. The molecular weight excluding hydrogens is 360 g/mol. The Morgan fingerprint density at radius 1 is 1.27 bits per heavy atom. The van der Waals surface area contributed by atoms with Gasteiger partial charge in [0.05, 0.1) is 12.6 Å². The zero-order chi connectivity index (χ0) is 19.9. The van der Waals surface area contributed by atoms with E-state index in [0.717, 1.165) is 0 Å². The van der Waals surface area contributed by atoms with Crippen LogP contribution in [0.25, 0.3) is 0 Å². The number of thiol groups is 1. The Bertz CT molecular complexity index is 543. The summed E-state index contributed by atoms with van der Waals surface area (Å²) in [7, 11) is 0. The molecule has 1 aliphatic rings. The number of carboxylic acids is 1. The largest absolute Gasteiger partial charge is 0.480 e. The lowest BCUT2D eigenvalue weighted by atomic mass is 10.0. The molecule has 0 spiro atoms. The minimum atomic E-state index is -1.05. The van der Waals surface area contributed by atoms with Crippen molar-refractivity contribution in [1.82, 2.24) is 15.5 Å². The number of carbonyl (C=O) groups excluding carboxylic acids is 3. The predicted molar refractivity (Wildman–Crippen MR) is 98.6 cm³/mol. The number of aliphatic carboxylic acids is 1. The molecule has 0 aromatic rings. The van der Waals surface area contributed by atoms with Gasteiger partial charge in [0.2, 0.25) is 17.7 Å². The molecule has 9 nitrogen and oxygen atoms in total. The number of amides is 3. The number of nitrogens with one attached hydrogen (secondary N) is 2. The summed E-state index contributed by atoms with van der Waals surface area (Å²) in [5.41, 5.74) is 5.78. The highest BCUT2D eigenvalue weighted by atomic mass is 32.1. The average Bonchev–Trinajstić information content (AvgIpc) is 3.06. The lowest BCUT2D eigenvalue weighted by Crippen LogP contribution is -2.54. The van der Waals surface area contributed by atoms with E-state index in [4.69, 9.17) is 10.8 Å². The van der Waals surface area contributed by atoms with Crippen molar-refractivity contribution in [3.63, 3.8) is 0 Å². The third kappa shape index (κ3) is 6.49. The van der Waals surface area contributed by atoms with E-state index in [9.17, 15) is 19.2 Å². The van der Waals surface area contributed by atoms with Crippen molar-refractivity contribution in [3.8, 4) is 0 Å². The van der Waals surface area contributed by atoms with Gasteiger partial charge in [-0.2, -0.15) is 12.6 Å². The topological polar surface area (TPSA) is 142 Å². The number of rotatable bonds is 9. The number of hydrogen-bond acceptors (Lipinski definition) is 6. The minimum absolute atomic E-state index is 0.0433. The number of hydrogen-bond donors (Lipinski definition) is 5. The number of carboxylic acid groups (broad SMARTS) is 1. The van der Waals surface area contributed by atoms with Crippen molar-refractivity contribution in [2.45, 2.75) is 51.2 Å². The van der Waals surface area contributed by atoms with Gasteiger partial charge in [0.15, 0.2) is 0 Å². The standard InChI is InChI=1S/C16H28N4O5S/c1-9(2)6-10(17)14(22)19-11(8-26)15(23)18-7-13(21)20-5-3-4-12(20)16(24)25/h9-12,26H,3-8,17H2,1-2H3,(H,18,23)(H,19,22)(H,24,25). The Labute approximate surface area is 158 Å². The van der Waals surface area contributed by atoms with E-state index in [1.54, 1.807) is 0 Å². The first-order chi connectivity index (χ1) is 12.2. The second-order valence-corrected chi connectivity index (χ2v) is 7.15. The van der Waals surface area contributed by atoms with Crippen LogP contribution in [0, 0.1) is 5.92 Å². The van der Waals surface area contributed by atoms with Crippen molar-refractivity contribution >= 4 is 36.3 Å². The zero-order valence-corrected chi connectivity index (χ0v) is 16.0. The Morgan fingerprint density at radius 3 is 2.46 bits per heavy atom. The molecule has 1 heterocycles. The fourth-order valence-corrected chi connectivity index (χ4v) is 3.05. The van der Waals surface area contributed by atoms with E-state index in [-0.39, 0.29) is 18.2 Å². The van der Waals surface area contributed by atoms with Crippen LogP contribution in [0.1, 0.15) is 33.1 Å². The highest BCUT2D eigenvalue weighted by Gasteiger charge is 2.34. The first kappa shape index (κ1) is 22.2. The summed E-state index contributed by atoms with van der Waals surface area (Å²) in [6, 6.07) is -2.51. The summed E-state index contributed by atoms with van der Waals surface area (Å²) in [6.45, 7) is 3.89. The van der Waals surface area contributed by atoms with E-state index in [1.807, 2.05) is 13.8 Å². The lowest BCUT2D eigenvalue weighted by Gasteiger charge is -2.23. The molecule has 1 saturated heterocycles. The molecule has 0 aromatic heterocycles. The summed E-state index contributed by atoms with van der Waals surface area (Å²) in [5.74, 6) is -2.26. The Kier molecular flexibility index (Phi) is 8.86. The summed E-state index contributed by atoms with van der Waals surface area (Å²) in [4.78, 5) is 48.7. The number of nitrogens with two attached hydrogens (primary N) is 1. The maximum atomic E-state index is 12.2. The predicted octanol–water partition coefficient (Wildman–Crippen LogP) is -1.03. The summed E-state index contributed by atoms with van der Waals surface area (Å²) < 4.78 is 0. The van der Waals surface area contributed by atoms with Crippen LogP contribution < -0.4 is 16.4 Å². The molecule has 5 N–H and O–H groups in total. The normalized spacial score (nSPS) is 19.1. The smallest absolute Gasteiger partial charge is 0.326 e. The Balaban J connectivity index is 2.52. The molecule has 0 aliphatic carbocycles. The molecule has 3 atom stereocenters. The minimum Gasteiger partial charge on any atom is -0.480 e. The van der Waals surface area contributed by atoms with Gasteiger partial charge in [-0.15, -0.1) is 0 Å². The van der Waals surface area contributed by atoms with Crippen LogP contribution in [0.3, 0.4) is 0 Å². The summed E-state index contributed by atoms with van der Waals surface area (Å²) >= 11 is 4.05. The molecule has 1 rings (SSSR count). The molecule has 148 valence electrons. The van der Waals surface area contributed by atoms with E-state index < -0.39 is 41.8 Å². The number of likely N-dealkylation sites (tertiary alicyclic amines) is 1. The SMILES string of the molecule is CC(C)CC(N)C(=O)NC(CS)C(=O)NCC(=O)N1CCCC1C(=O)O. The quantitative estimate of drug-likeness (QED) is 0.320. The monoisotopic (exact) mass is 388 g/mol. The van der Waals surface area contributed by atoms with Gasteiger partial charge in [-0.1, -0.05) is 13.8 Å². The molecule has 0 saturated carbocycles. The van der Waals surface area contributed by atoms with E-state index in [2.05, 4.69) is 23.3 Å². The Hall–Kier alpha value is -1.81. The van der Waals surface area contributed by atoms with Crippen molar-refractivity contribution in [2.24, 2.45) is 11.7 Å². The molecule has 3 unspecified atom stereocenters. The summed E-state index contributed by atoms with van der Waals surface area (Å²) in [5, 5.41) is 14.0. The van der Waals surface area contributed by atoms with E-state index in [0.29, 0.717) is 25.8 Å². The maximum Gasteiger partial charge on any atom is 0.326 e. The van der Waals surface area contributed by atoms with Gasteiger partial charge in [-0.3, -0.25) is 14.4 Å². The zero-order valence-electron chi connectivity index (χ0n) is 15.1. The van der Waals surface area contributed by atoms with Crippen molar-refractivity contribution in [1.29, 1.82) is 0 Å². The number of nitrogens with zero attached hydrogens (tertiary/aromatic N) is 1. The maximum absolute atomic E-state index is 12.2. The molecular formula is C16H28N4O5S. The van der Waals surface area contributed by atoms with Crippen LogP contribution in [-0.2, 0) is 19.2 Å². The first-order valence-corrected chi connectivity index (χ1v) is 9.27. The highest BCUT2D eigenvalue weighted by Crippen LogP contribution is 2.17. The van der Waals surface area contributed by atoms with Gasteiger partial charge < -0.3 is 26.4 Å². The number of carbonyl (C=O) groups is 4. The highest BCUT2D eigenvalue weighted by molar-refractivity contribution is 7.80. The van der Waals surface area contributed by atoms with Crippen LogP contribution in [0.2, 0.25) is 0 Å². The molecule has 10 heteroatoms. The van der Waals surface area contributed by atoms with Crippen LogP contribution in [-0.4, -0.2) is 70.7 Å². The lowest BCUT2D eigenvalue weighted by molar-refractivity contribution is -0.148. The molecule has 0 bridgehead atoms. The van der Waals surface area contributed by atoms with E-state index in [1.165, 1.54) is 4.90 Å². The van der Waals surface area contributed by atoms with Gasteiger partial charge in [-0.25, -0.2) is 4.79 Å². The third-order valence-electron chi connectivity index (χ3n) is 4.15. The van der Waals surface area contributed by atoms with Gasteiger partial charge >= 0.3 is 5.97 Å². The van der Waals surface area contributed by atoms with Crippen LogP contribution in [0.15, 0.2) is 0 Å². The Morgan fingerprint density at radius 2 is 1.92 bits per heavy atom. The van der Waals surface area contributed by atoms with Gasteiger partial charge in [-0.05, 0) is 25.2 Å². The molecule has 0 aromatic carbocycles. The molecule has 26 heavy (non-hydrogen) atoms. The van der Waals surface area contributed by atoms with E-state index >= 15 is 0 Å². The van der Waals surface area contributed by atoms with Crippen molar-refractivity contribution in [2.75, 3.05) is 18.8 Å². The van der Waals surface area contributed by atoms with Crippen molar-refractivity contribution < 1.29 is 24.3 Å². The van der Waals surface area contributed by atoms with Gasteiger partial charge in [0.1, 0.15) is 12.1 Å². The second kappa shape index (κ2) is 10.4. The van der Waals surface area contributed by atoms with Gasteiger partial charge in [0, 0.05) is 12.3 Å². The molecule has 3 amide bonds. The van der Waals surface area contributed by atoms with Crippen LogP contribution in [0.4, 0.5) is 0 Å². The third-order valence-corrected chi connectivity index (χ3v) is 4.51. The molecule has 1 fully saturated rings. The molecule has 0 radical (unpaired) electrons. The van der Waals surface area contributed by atoms with Gasteiger partial charge in [0.25, 0.3) is 0 Å². The van der Waals surface area contributed by atoms with Crippen molar-refractivity contribution in [3.05, 3.63) is 0 Å². The molecule has 1 aliphatic heterocycles. The fourth-order valence-electron chi connectivity index (χ4n) is 2.80. The van der Waals surface area contributed by atoms with Crippen LogP contribution in [0.5, 0.6) is 0 Å². The van der Waals surface area contributed by atoms with Crippen LogP contribution >= 0.6 is 12.6 Å². The average molecular weight is 388 g/mol. The fraction of sp³-hybridized carbons (Fsp3) is 0.750.